The highest BCUT2D eigenvalue weighted by atomic mass is 35.5. The van der Waals surface area contributed by atoms with Crippen molar-refractivity contribution in [3.05, 3.63) is 23.2 Å². The minimum Gasteiger partial charge on any atom is -0.398 e. The first kappa shape index (κ1) is 15.5. The molecule has 1 aromatic rings. The van der Waals surface area contributed by atoms with Crippen LogP contribution in [-0.2, 0) is 4.79 Å². The van der Waals surface area contributed by atoms with Crippen molar-refractivity contribution in [2.45, 2.75) is 37.0 Å². The van der Waals surface area contributed by atoms with Gasteiger partial charge >= 0.3 is 0 Å². The Labute approximate surface area is 129 Å². The lowest BCUT2D eigenvalue weighted by Gasteiger charge is -2.24. The van der Waals surface area contributed by atoms with E-state index >= 15 is 0 Å². The van der Waals surface area contributed by atoms with Crippen LogP contribution in [-0.4, -0.2) is 29.6 Å². The van der Waals surface area contributed by atoms with Crippen molar-refractivity contribution in [1.29, 1.82) is 0 Å². The maximum Gasteiger partial charge on any atom is 0.232 e. The fraction of sp³-hybridized carbons (Fsp3) is 0.533. The molecule has 1 aromatic carbocycles. The minimum absolute atomic E-state index is 0.214. The van der Waals surface area contributed by atoms with Crippen molar-refractivity contribution < 1.29 is 4.79 Å². The van der Waals surface area contributed by atoms with Crippen LogP contribution in [0.4, 0.5) is 5.69 Å². The van der Waals surface area contributed by atoms with E-state index in [0.717, 1.165) is 30.8 Å². The lowest BCUT2D eigenvalue weighted by molar-refractivity contribution is -0.128. The van der Waals surface area contributed by atoms with E-state index in [1.165, 1.54) is 31.0 Å². The first-order valence-electron chi connectivity index (χ1n) is 7.12. The second-order valence-electron chi connectivity index (χ2n) is 5.12. The lowest BCUT2D eigenvalue weighted by atomic mass is 10.1. The zero-order chi connectivity index (χ0) is 14.4. The molecule has 0 aromatic heterocycles. The van der Waals surface area contributed by atoms with Gasteiger partial charge < -0.3 is 10.6 Å². The Hall–Kier alpha value is -0.870. The molecule has 0 saturated carbocycles. The van der Waals surface area contributed by atoms with Crippen molar-refractivity contribution in [3.63, 3.8) is 0 Å². The largest absolute Gasteiger partial charge is 0.398 e. The van der Waals surface area contributed by atoms with Gasteiger partial charge in [-0.15, -0.1) is 11.8 Å². The molecule has 1 saturated heterocycles. The number of nitrogens with zero attached hydrogens (tertiary/aromatic N) is 1. The van der Waals surface area contributed by atoms with Gasteiger partial charge in [0.05, 0.1) is 5.75 Å². The van der Waals surface area contributed by atoms with E-state index < -0.39 is 0 Å². The average molecular weight is 313 g/mol. The summed E-state index contributed by atoms with van der Waals surface area (Å²) < 4.78 is 0. The number of anilines is 1. The molecule has 1 fully saturated rings. The molecule has 1 aliphatic rings. The number of rotatable bonds is 3. The molecule has 3 nitrogen and oxygen atoms in total. The number of halogens is 1. The number of thioether (sulfide) groups is 1. The van der Waals surface area contributed by atoms with Crippen molar-refractivity contribution in [2.75, 3.05) is 24.6 Å². The SMILES string of the molecule is Nc1cc(Cl)ccc1SCC(=O)N1CCCCCCC1. The minimum atomic E-state index is 0.214. The van der Waals surface area contributed by atoms with Gasteiger partial charge in [0, 0.05) is 28.7 Å². The van der Waals surface area contributed by atoms with Gasteiger partial charge in [0.2, 0.25) is 5.91 Å². The zero-order valence-electron chi connectivity index (χ0n) is 11.6. The second kappa shape index (κ2) is 7.79. The number of carbonyl (C=O) groups excluding carboxylic acids is 1. The van der Waals surface area contributed by atoms with Crippen LogP contribution in [0.15, 0.2) is 23.1 Å². The monoisotopic (exact) mass is 312 g/mol. The molecule has 0 unspecified atom stereocenters. The summed E-state index contributed by atoms with van der Waals surface area (Å²) in [5.41, 5.74) is 6.54. The standard InChI is InChI=1S/C15H21ClN2OS/c16-12-6-7-14(13(17)10-12)20-11-15(19)18-8-4-2-1-3-5-9-18/h6-7,10H,1-5,8-9,11,17H2. The number of carbonyl (C=O) groups is 1. The van der Waals surface area contributed by atoms with E-state index in [1.807, 2.05) is 11.0 Å². The van der Waals surface area contributed by atoms with Gasteiger partial charge in [-0.1, -0.05) is 30.9 Å². The summed E-state index contributed by atoms with van der Waals surface area (Å²) in [6, 6.07) is 5.41. The molecule has 2 rings (SSSR count). The summed E-state index contributed by atoms with van der Waals surface area (Å²) in [5, 5.41) is 0.627. The van der Waals surface area contributed by atoms with E-state index in [4.69, 9.17) is 17.3 Å². The third kappa shape index (κ3) is 4.60. The number of benzene rings is 1. The molecule has 20 heavy (non-hydrogen) atoms. The predicted molar refractivity (Wildman–Crippen MR) is 86.3 cm³/mol. The molecule has 2 N–H and O–H groups in total. The van der Waals surface area contributed by atoms with Crippen LogP contribution in [0.1, 0.15) is 32.1 Å². The van der Waals surface area contributed by atoms with Gasteiger partial charge in [-0.2, -0.15) is 0 Å². The maximum absolute atomic E-state index is 12.3. The van der Waals surface area contributed by atoms with Crippen LogP contribution in [0.2, 0.25) is 5.02 Å². The molecule has 0 atom stereocenters. The highest BCUT2D eigenvalue weighted by Crippen LogP contribution is 2.28. The van der Waals surface area contributed by atoms with Gasteiger partial charge in [0.1, 0.15) is 0 Å². The molecule has 0 bridgehead atoms. The van der Waals surface area contributed by atoms with E-state index in [9.17, 15) is 4.79 Å². The van der Waals surface area contributed by atoms with E-state index in [1.54, 1.807) is 12.1 Å². The molecule has 110 valence electrons. The first-order valence-corrected chi connectivity index (χ1v) is 8.49. The van der Waals surface area contributed by atoms with Crippen LogP contribution in [0.25, 0.3) is 0 Å². The second-order valence-corrected chi connectivity index (χ2v) is 6.57. The van der Waals surface area contributed by atoms with E-state index in [2.05, 4.69) is 0 Å². The highest BCUT2D eigenvalue weighted by Gasteiger charge is 2.15. The van der Waals surface area contributed by atoms with Crippen LogP contribution in [0.5, 0.6) is 0 Å². The molecule has 0 spiro atoms. The fourth-order valence-corrected chi connectivity index (χ4v) is 3.41. The number of hydrogen-bond donors (Lipinski definition) is 1. The van der Waals surface area contributed by atoms with E-state index in [-0.39, 0.29) is 5.91 Å². The van der Waals surface area contributed by atoms with Crippen LogP contribution in [0.3, 0.4) is 0 Å². The Kier molecular flexibility index (Phi) is 6.05. The van der Waals surface area contributed by atoms with Crippen LogP contribution < -0.4 is 5.73 Å². The quantitative estimate of drug-likeness (QED) is 0.682. The van der Waals surface area contributed by atoms with E-state index in [0.29, 0.717) is 16.5 Å². The first-order chi connectivity index (χ1) is 9.66. The third-order valence-electron chi connectivity index (χ3n) is 3.53. The molecule has 1 amide bonds. The molecule has 1 aliphatic heterocycles. The van der Waals surface area contributed by atoms with Gasteiger partial charge in [-0.25, -0.2) is 0 Å². The number of nitrogens with two attached hydrogens (primary N) is 1. The van der Waals surface area contributed by atoms with Crippen molar-refractivity contribution in [2.24, 2.45) is 0 Å². The normalized spacial score (nSPS) is 16.6. The molecular formula is C15H21ClN2OS. The number of amides is 1. The van der Waals surface area contributed by atoms with Gasteiger partial charge in [-0.05, 0) is 31.0 Å². The molecule has 0 aliphatic carbocycles. The molecule has 5 heteroatoms. The highest BCUT2D eigenvalue weighted by molar-refractivity contribution is 8.00. The van der Waals surface area contributed by atoms with Crippen molar-refractivity contribution in [3.8, 4) is 0 Å². The number of likely N-dealkylation sites (tertiary alicyclic amines) is 1. The van der Waals surface area contributed by atoms with Crippen molar-refractivity contribution in [1.82, 2.24) is 4.90 Å². The topological polar surface area (TPSA) is 46.3 Å². The summed E-state index contributed by atoms with van der Waals surface area (Å²) in [4.78, 5) is 15.2. The Morgan fingerprint density at radius 2 is 1.85 bits per heavy atom. The predicted octanol–water partition coefficient (Wildman–Crippen LogP) is 3.81. The average Bonchev–Trinajstić information content (AvgIpc) is 2.37. The summed E-state index contributed by atoms with van der Waals surface area (Å²) >= 11 is 7.37. The molecule has 0 radical (unpaired) electrons. The number of hydrogen-bond acceptors (Lipinski definition) is 3. The van der Waals surface area contributed by atoms with Gasteiger partial charge in [-0.3, -0.25) is 4.79 Å². The maximum atomic E-state index is 12.3. The Bertz CT molecular complexity index is 459. The fourth-order valence-electron chi connectivity index (χ4n) is 2.38. The number of nitrogen functional groups attached to an aromatic ring is 1. The molecular weight excluding hydrogens is 292 g/mol. The summed E-state index contributed by atoms with van der Waals surface area (Å²) in [7, 11) is 0. The van der Waals surface area contributed by atoms with Crippen LogP contribution >= 0.6 is 23.4 Å². The summed E-state index contributed by atoms with van der Waals surface area (Å²) in [6.07, 6.45) is 6.03. The third-order valence-corrected chi connectivity index (χ3v) is 4.84. The smallest absolute Gasteiger partial charge is 0.232 e. The Morgan fingerprint density at radius 3 is 2.50 bits per heavy atom. The lowest BCUT2D eigenvalue weighted by Crippen LogP contribution is -2.35. The summed E-state index contributed by atoms with van der Waals surface area (Å²) in [6.45, 7) is 1.80. The molecule has 1 heterocycles. The summed E-state index contributed by atoms with van der Waals surface area (Å²) in [5.74, 6) is 0.664. The zero-order valence-corrected chi connectivity index (χ0v) is 13.2. The van der Waals surface area contributed by atoms with Gasteiger partial charge in [0.15, 0.2) is 0 Å². The Balaban J connectivity index is 1.87. The van der Waals surface area contributed by atoms with Gasteiger partial charge in [0.25, 0.3) is 0 Å². The van der Waals surface area contributed by atoms with Crippen LogP contribution in [0, 0.1) is 0 Å². The Morgan fingerprint density at radius 1 is 1.20 bits per heavy atom. The van der Waals surface area contributed by atoms with Crippen molar-refractivity contribution >= 4 is 35.0 Å².